The Kier molecular flexibility index (Phi) is 6.64. The summed E-state index contributed by atoms with van der Waals surface area (Å²) >= 11 is 0. The highest BCUT2D eigenvalue weighted by atomic mass is 16.1. The SMILES string of the molecule is C1CCCCC1.Cc1cccc(C(CC(N)=O)c2c[nH]c3ncccc23)c1. The van der Waals surface area contributed by atoms with Crippen molar-refractivity contribution in [3.63, 3.8) is 0 Å². The third-order valence-corrected chi connectivity index (χ3v) is 5.21. The third-order valence-electron chi connectivity index (χ3n) is 5.21. The van der Waals surface area contributed by atoms with Crippen LogP contribution >= 0.6 is 0 Å². The van der Waals surface area contributed by atoms with Gasteiger partial charge in [0.1, 0.15) is 5.65 Å². The number of H-pyrrole nitrogens is 1. The standard InChI is InChI=1S/C17H17N3O.C6H12/c1-11-4-2-5-12(8-11)14(9-16(18)21)15-10-20-17-13(15)6-3-7-19-17;1-2-4-6-5-3-1/h2-8,10,14H,9H2,1H3,(H2,18,21)(H,19,20);1-6H2. The zero-order valence-electron chi connectivity index (χ0n) is 16.1. The number of hydrogen-bond acceptors (Lipinski definition) is 2. The second kappa shape index (κ2) is 9.36. The van der Waals surface area contributed by atoms with Crippen LogP contribution in [0.1, 0.15) is 67.6 Å². The van der Waals surface area contributed by atoms with Gasteiger partial charge in [0.15, 0.2) is 0 Å². The topological polar surface area (TPSA) is 71.8 Å². The van der Waals surface area contributed by atoms with E-state index in [0.717, 1.165) is 22.2 Å². The number of primary amides is 1. The van der Waals surface area contributed by atoms with Gasteiger partial charge >= 0.3 is 0 Å². The molecule has 1 fully saturated rings. The predicted octanol–water partition coefficient (Wildman–Crippen LogP) is 5.22. The van der Waals surface area contributed by atoms with Gasteiger partial charge in [-0.3, -0.25) is 4.79 Å². The van der Waals surface area contributed by atoms with Crippen molar-refractivity contribution in [2.24, 2.45) is 5.73 Å². The van der Waals surface area contributed by atoms with Gasteiger partial charge in [0.05, 0.1) is 0 Å². The molecule has 3 aromatic rings. The summed E-state index contributed by atoms with van der Waals surface area (Å²) in [4.78, 5) is 19.0. The number of nitrogens with one attached hydrogen (secondary N) is 1. The second-order valence-electron chi connectivity index (χ2n) is 7.40. The molecule has 0 bridgehead atoms. The first-order chi connectivity index (χ1) is 13.1. The molecule has 2 heterocycles. The fourth-order valence-corrected chi connectivity index (χ4v) is 3.82. The molecular formula is C23H29N3O. The Morgan fingerprint density at radius 1 is 1.11 bits per heavy atom. The zero-order valence-corrected chi connectivity index (χ0v) is 16.1. The lowest BCUT2D eigenvalue weighted by molar-refractivity contribution is -0.118. The van der Waals surface area contributed by atoms with Crippen LogP contribution in [0.15, 0.2) is 48.8 Å². The Morgan fingerprint density at radius 3 is 2.44 bits per heavy atom. The Balaban J connectivity index is 0.000000299. The quantitative estimate of drug-likeness (QED) is 0.667. The molecule has 4 heteroatoms. The summed E-state index contributed by atoms with van der Waals surface area (Å²) < 4.78 is 0. The van der Waals surface area contributed by atoms with Gasteiger partial charge < -0.3 is 10.7 Å². The highest BCUT2D eigenvalue weighted by Gasteiger charge is 2.20. The molecule has 0 radical (unpaired) electrons. The predicted molar refractivity (Wildman–Crippen MR) is 111 cm³/mol. The van der Waals surface area contributed by atoms with E-state index in [0.29, 0.717) is 0 Å². The number of benzene rings is 1. The van der Waals surface area contributed by atoms with Crippen molar-refractivity contribution in [3.8, 4) is 0 Å². The first kappa shape index (κ1) is 19.2. The number of rotatable bonds is 4. The molecule has 1 saturated carbocycles. The zero-order chi connectivity index (χ0) is 19.1. The minimum absolute atomic E-state index is 0.0552. The van der Waals surface area contributed by atoms with E-state index in [1.54, 1.807) is 6.20 Å². The van der Waals surface area contributed by atoms with E-state index in [-0.39, 0.29) is 18.2 Å². The summed E-state index contributed by atoms with van der Waals surface area (Å²) in [7, 11) is 0. The lowest BCUT2D eigenvalue weighted by Gasteiger charge is -2.16. The van der Waals surface area contributed by atoms with Crippen molar-refractivity contribution < 1.29 is 4.79 Å². The first-order valence-electron chi connectivity index (χ1n) is 9.92. The van der Waals surface area contributed by atoms with Crippen LogP contribution in [0.5, 0.6) is 0 Å². The molecule has 27 heavy (non-hydrogen) atoms. The summed E-state index contributed by atoms with van der Waals surface area (Å²) in [6.07, 6.45) is 13.0. The van der Waals surface area contributed by atoms with Gasteiger partial charge in [0.25, 0.3) is 0 Å². The molecule has 2 aromatic heterocycles. The molecule has 3 N–H and O–H groups in total. The maximum absolute atomic E-state index is 11.5. The van der Waals surface area contributed by atoms with Crippen molar-refractivity contribution in [1.29, 1.82) is 0 Å². The number of hydrogen-bond donors (Lipinski definition) is 2. The molecule has 1 unspecified atom stereocenters. The summed E-state index contributed by atoms with van der Waals surface area (Å²) in [5.41, 5.74) is 9.60. The van der Waals surface area contributed by atoms with E-state index in [2.05, 4.69) is 16.0 Å². The minimum Gasteiger partial charge on any atom is -0.370 e. The molecular weight excluding hydrogens is 334 g/mol. The van der Waals surface area contributed by atoms with Crippen molar-refractivity contribution in [2.45, 2.75) is 57.8 Å². The van der Waals surface area contributed by atoms with Crippen LogP contribution in [0.25, 0.3) is 11.0 Å². The van der Waals surface area contributed by atoms with E-state index in [9.17, 15) is 4.79 Å². The number of aryl methyl sites for hydroxylation is 1. The number of aromatic amines is 1. The normalized spacial score (nSPS) is 15.0. The van der Waals surface area contributed by atoms with Crippen LogP contribution in [0, 0.1) is 6.92 Å². The van der Waals surface area contributed by atoms with Gasteiger partial charge in [0.2, 0.25) is 5.91 Å². The third kappa shape index (κ3) is 5.19. The Hall–Kier alpha value is -2.62. The van der Waals surface area contributed by atoms with Gasteiger partial charge in [-0.05, 0) is 30.2 Å². The maximum Gasteiger partial charge on any atom is 0.218 e. The maximum atomic E-state index is 11.5. The lowest BCUT2D eigenvalue weighted by Crippen LogP contribution is -2.16. The molecule has 142 valence electrons. The highest BCUT2D eigenvalue weighted by molar-refractivity contribution is 5.83. The van der Waals surface area contributed by atoms with Crippen LogP contribution in [0.3, 0.4) is 0 Å². The van der Waals surface area contributed by atoms with Crippen LogP contribution in [0.4, 0.5) is 0 Å². The molecule has 4 nitrogen and oxygen atoms in total. The van der Waals surface area contributed by atoms with Crippen molar-refractivity contribution in [1.82, 2.24) is 9.97 Å². The fourth-order valence-electron chi connectivity index (χ4n) is 3.82. The number of nitrogens with two attached hydrogens (primary N) is 1. The van der Waals surface area contributed by atoms with Gasteiger partial charge in [-0.15, -0.1) is 0 Å². The van der Waals surface area contributed by atoms with Crippen LogP contribution in [0.2, 0.25) is 0 Å². The molecule has 0 saturated heterocycles. The van der Waals surface area contributed by atoms with Crippen molar-refractivity contribution >= 4 is 16.9 Å². The molecule has 4 rings (SSSR count). The van der Waals surface area contributed by atoms with Crippen molar-refractivity contribution in [3.05, 3.63) is 65.5 Å². The number of fused-ring (bicyclic) bond motifs is 1. The van der Waals surface area contributed by atoms with Crippen molar-refractivity contribution in [2.75, 3.05) is 0 Å². The molecule has 1 aliphatic rings. The Morgan fingerprint density at radius 2 is 1.81 bits per heavy atom. The summed E-state index contributed by atoms with van der Waals surface area (Å²) in [6.45, 7) is 2.04. The van der Waals surface area contributed by atoms with Gasteiger partial charge in [0, 0.05) is 30.1 Å². The lowest BCUT2D eigenvalue weighted by atomic mass is 9.87. The van der Waals surface area contributed by atoms with Crippen LogP contribution < -0.4 is 5.73 Å². The fraction of sp³-hybridized carbons (Fsp3) is 0.391. The number of carbonyl (C=O) groups excluding carboxylic acids is 1. The van der Waals surface area contributed by atoms with E-state index in [4.69, 9.17) is 5.73 Å². The molecule has 0 aliphatic heterocycles. The van der Waals surface area contributed by atoms with E-state index < -0.39 is 0 Å². The van der Waals surface area contributed by atoms with E-state index >= 15 is 0 Å². The summed E-state index contributed by atoms with van der Waals surface area (Å²) in [6, 6.07) is 12.1. The Bertz CT molecular complexity index is 868. The van der Waals surface area contributed by atoms with Crippen LogP contribution in [-0.4, -0.2) is 15.9 Å². The van der Waals surface area contributed by atoms with Gasteiger partial charge in [-0.25, -0.2) is 4.98 Å². The second-order valence-corrected chi connectivity index (χ2v) is 7.40. The number of amides is 1. The minimum atomic E-state index is -0.306. The number of carbonyl (C=O) groups is 1. The number of aromatic nitrogens is 2. The average molecular weight is 364 g/mol. The average Bonchev–Trinajstić information content (AvgIpc) is 3.12. The number of nitrogens with zero attached hydrogens (tertiary/aromatic N) is 1. The molecule has 1 aromatic carbocycles. The summed E-state index contributed by atoms with van der Waals surface area (Å²) in [5.74, 6) is -0.361. The molecule has 1 amide bonds. The van der Waals surface area contributed by atoms with E-state index in [1.807, 2.05) is 43.5 Å². The monoisotopic (exact) mass is 363 g/mol. The first-order valence-corrected chi connectivity index (χ1v) is 9.92. The van der Waals surface area contributed by atoms with E-state index in [1.165, 1.54) is 44.1 Å². The smallest absolute Gasteiger partial charge is 0.218 e. The summed E-state index contributed by atoms with van der Waals surface area (Å²) in [5, 5.41) is 1.03. The van der Waals surface area contributed by atoms with Gasteiger partial charge in [-0.2, -0.15) is 0 Å². The Labute approximate surface area is 161 Å². The largest absolute Gasteiger partial charge is 0.370 e. The van der Waals surface area contributed by atoms with Gasteiger partial charge in [-0.1, -0.05) is 68.4 Å². The number of pyridine rings is 1. The molecule has 1 atom stereocenters. The van der Waals surface area contributed by atoms with Crippen LogP contribution in [-0.2, 0) is 4.79 Å². The highest BCUT2D eigenvalue weighted by Crippen LogP contribution is 2.32. The molecule has 0 spiro atoms. The molecule has 1 aliphatic carbocycles.